The van der Waals surface area contributed by atoms with Crippen molar-refractivity contribution in [3.05, 3.63) is 45.4 Å². The van der Waals surface area contributed by atoms with Crippen LogP contribution in [-0.2, 0) is 11.3 Å². The van der Waals surface area contributed by atoms with Crippen LogP contribution in [0.25, 0.3) is 0 Å². The van der Waals surface area contributed by atoms with Crippen LogP contribution in [-0.4, -0.2) is 18.2 Å². The van der Waals surface area contributed by atoms with E-state index >= 15 is 0 Å². The molecule has 1 atom stereocenters. The van der Waals surface area contributed by atoms with Gasteiger partial charge in [0.15, 0.2) is 0 Å². The number of ether oxygens (including phenoxy) is 2. The average Bonchev–Trinajstić information content (AvgIpc) is 3.09. The van der Waals surface area contributed by atoms with E-state index in [2.05, 4.69) is 10.4 Å². The van der Waals surface area contributed by atoms with Gasteiger partial charge in [0.05, 0.1) is 12.3 Å². The molecule has 1 saturated heterocycles. The van der Waals surface area contributed by atoms with Gasteiger partial charge in [0.1, 0.15) is 17.4 Å². The molecule has 1 aliphatic heterocycles. The minimum Gasteiger partial charge on any atom is -0.486 e. The Kier molecular flexibility index (Phi) is 4.01. The Morgan fingerprint density at radius 3 is 2.95 bits per heavy atom. The Morgan fingerprint density at radius 2 is 2.21 bits per heavy atom. The maximum absolute atomic E-state index is 5.83. The molecular formula is C14H14ClNO2S. The minimum absolute atomic E-state index is 0.459. The molecule has 5 heteroatoms. The van der Waals surface area contributed by atoms with E-state index in [-0.39, 0.29) is 0 Å². The van der Waals surface area contributed by atoms with E-state index in [1.165, 1.54) is 0 Å². The van der Waals surface area contributed by atoms with Crippen molar-refractivity contribution in [2.24, 2.45) is 0 Å². The van der Waals surface area contributed by atoms with Crippen molar-refractivity contribution < 1.29 is 9.47 Å². The van der Waals surface area contributed by atoms with E-state index < -0.39 is 0 Å². The van der Waals surface area contributed by atoms with E-state index in [4.69, 9.17) is 21.1 Å². The average molecular weight is 296 g/mol. The molecule has 0 spiro atoms. The van der Waals surface area contributed by atoms with Gasteiger partial charge >= 0.3 is 0 Å². The second-order valence-electron chi connectivity index (χ2n) is 4.47. The van der Waals surface area contributed by atoms with Gasteiger partial charge in [-0.2, -0.15) is 0 Å². The van der Waals surface area contributed by atoms with E-state index in [1.54, 1.807) is 11.3 Å². The predicted octanol–water partition coefficient (Wildman–Crippen LogP) is 3.88. The van der Waals surface area contributed by atoms with Crippen molar-refractivity contribution in [3.63, 3.8) is 0 Å². The van der Waals surface area contributed by atoms with Crippen molar-refractivity contribution in [2.45, 2.75) is 18.9 Å². The third-order valence-corrected chi connectivity index (χ3v) is 4.19. The fourth-order valence-electron chi connectivity index (χ4n) is 2.02. The summed E-state index contributed by atoms with van der Waals surface area (Å²) < 4.78 is 11.1. The fourth-order valence-corrected chi connectivity index (χ4v) is 2.94. The number of halogens is 1. The summed E-state index contributed by atoms with van der Waals surface area (Å²) in [6.07, 6.45) is 1.07. The lowest BCUT2D eigenvalue weighted by molar-refractivity contribution is 0.193. The number of benzene rings is 1. The zero-order valence-corrected chi connectivity index (χ0v) is 11.9. The van der Waals surface area contributed by atoms with Gasteiger partial charge in [0.2, 0.25) is 0 Å². The molecule has 0 saturated carbocycles. The van der Waals surface area contributed by atoms with Gasteiger partial charge in [-0.1, -0.05) is 11.6 Å². The van der Waals surface area contributed by atoms with Crippen LogP contribution in [0.1, 0.15) is 23.0 Å². The van der Waals surface area contributed by atoms with Crippen molar-refractivity contribution in [2.75, 3.05) is 13.2 Å². The van der Waals surface area contributed by atoms with Gasteiger partial charge in [0.25, 0.3) is 0 Å². The molecule has 0 bridgehead atoms. The summed E-state index contributed by atoms with van der Waals surface area (Å²) in [5.41, 5.74) is 1.14. The van der Waals surface area contributed by atoms with Crippen LogP contribution in [0, 0.1) is 0 Å². The molecule has 0 amide bonds. The van der Waals surface area contributed by atoms with Crippen LogP contribution < -0.4 is 4.74 Å². The van der Waals surface area contributed by atoms with Gasteiger partial charge < -0.3 is 9.47 Å². The summed E-state index contributed by atoms with van der Waals surface area (Å²) in [4.78, 5) is 4.61. The van der Waals surface area contributed by atoms with Crippen molar-refractivity contribution >= 4 is 22.9 Å². The molecule has 3 rings (SSSR count). The van der Waals surface area contributed by atoms with Gasteiger partial charge in [-0.25, -0.2) is 4.98 Å². The molecule has 0 radical (unpaired) electrons. The van der Waals surface area contributed by atoms with Crippen molar-refractivity contribution in [1.29, 1.82) is 0 Å². The lowest BCUT2D eigenvalue weighted by Gasteiger charge is -2.04. The second-order valence-corrected chi connectivity index (χ2v) is 5.85. The van der Waals surface area contributed by atoms with Crippen LogP contribution in [0.5, 0.6) is 5.75 Å². The van der Waals surface area contributed by atoms with E-state index in [0.717, 1.165) is 36.1 Å². The lowest BCUT2D eigenvalue weighted by atomic mass is 10.1. The molecule has 0 N–H and O–H groups in total. The number of nitrogens with zero attached hydrogens (tertiary/aromatic N) is 1. The van der Waals surface area contributed by atoms with Crippen LogP contribution in [0.3, 0.4) is 0 Å². The molecule has 0 unspecified atom stereocenters. The first-order chi connectivity index (χ1) is 9.31. The molecule has 0 aliphatic carbocycles. The van der Waals surface area contributed by atoms with Crippen molar-refractivity contribution in [1.82, 2.24) is 4.98 Å². The Morgan fingerprint density at radius 1 is 1.37 bits per heavy atom. The Bertz CT molecular complexity index is 535. The second kappa shape index (κ2) is 5.90. The van der Waals surface area contributed by atoms with Crippen LogP contribution in [0.15, 0.2) is 29.6 Å². The van der Waals surface area contributed by atoms with Gasteiger partial charge in [0, 0.05) is 22.9 Å². The highest BCUT2D eigenvalue weighted by Gasteiger charge is 2.20. The smallest absolute Gasteiger partial charge is 0.140 e. The molecule has 2 aromatic rings. The highest BCUT2D eigenvalue weighted by atomic mass is 35.5. The number of hydrogen-bond donors (Lipinski definition) is 0. The topological polar surface area (TPSA) is 31.4 Å². The highest BCUT2D eigenvalue weighted by molar-refractivity contribution is 7.09. The molecule has 1 aromatic carbocycles. The Labute approximate surface area is 121 Å². The number of aromatic nitrogens is 1. The summed E-state index contributed by atoms with van der Waals surface area (Å²) >= 11 is 7.47. The summed E-state index contributed by atoms with van der Waals surface area (Å²) in [5.74, 6) is 1.27. The standard InChI is InChI=1S/C14H14ClNO2S/c15-11-1-3-12(4-2-11)18-8-14-16-13(9-19-14)10-5-6-17-7-10/h1-4,9-10H,5-8H2/t10-/m0/s1. The largest absolute Gasteiger partial charge is 0.486 e. The maximum Gasteiger partial charge on any atom is 0.140 e. The molecule has 100 valence electrons. The SMILES string of the molecule is Clc1ccc(OCc2nc([C@H]3CCOC3)cs2)cc1. The van der Waals surface area contributed by atoms with Gasteiger partial charge in [-0.15, -0.1) is 11.3 Å². The zero-order chi connectivity index (χ0) is 13.1. The highest BCUT2D eigenvalue weighted by Crippen LogP contribution is 2.27. The van der Waals surface area contributed by atoms with Gasteiger partial charge in [-0.3, -0.25) is 0 Å². The molecule has 1 aromatic heterocycles. The monoisotopic (exact) mass is 295 g/mol. The van der Waals surface area contributed by atoms with Crippen LogP contribution >= 0.6 is 22.9 Å². The minimum atomic E-state index is 0.459. The number of rotatable bonds is 4. The predicted molar refractivity (Wildman–Crippen MR) is 76.1 cm³/mol. The third-order valence-electron chi connectivity index (χ3n) is 3.09. The van der Waals surface area contributed by atoms with E-state index in [9.17, 15) is 0 Å². The first-order valence-corrected chi connectivity index (χ1v) is 7.47. The molecule has 2 heterocycles. The summed E-state index contributed by atoms with van der Waals surface area (Å²) in [7, 11) is 0. The number of thiazole rings is 1. The van der Waals surface area contributed by atoms with Gasteiger partial charge in [-0.05, 0) is 30.7 Å². The normalized spacial score (nSPS) is 18.7. The lowest BCUT2D eigenvalue weighted by Crippen LogP contribution is -1.99. The van der Waals surface area contributed by atoms with E-state index in [0.29, 0.717) is 17.5 Å². The summed E-state index contributed by atoms with van der Waals surface area (Å²) in [5, 5.41) is 3.82. The Hall–Kier alpha value is -1.10. The Balaban J connectivity index is 1.59. The summed E-state index contributed by atoms with van der Waals surface area (Å²) in [6, 6.07) is 7.36. The van der Waals surface area contributed by atoms with E-state index in [1.807, 2.05) is 24.3 Å². The first kappa shape index (κ1) is 12.9. The number of hydrogen-bond acceptors (Lipinski definition) is 4. The molecule has 19 heavy (non-hydrogen) atoms. The van der Waals surface area contributed by atoms with Crippen molar-refractivity contribution in [3.8, 4) is 5.75 Å². The fraction of sp³-hybridized carbons (Fsp3) is 0.357. The molecular weight excluding hydrogens is 282 g/mol. The summed E-state index contributed by atoms with van der Waals surface area (Å²) in [6.45, 7) is 2.14. The molecule has 1 aliphatic rings. The zero-order valence-electron chi connectivity index (χ0n) is 10.3. The molecule has 3 nitrogen and oxygen atoms in total. The van der Waals surface area contributed by atoms with Crippen LogP contribution in [0.4, 0.5) is 0 Å². The first-order valence-electron chi connectivity index (χ1n) is 6.21. The van der Waals surface area contributed by atoms with Crippen LogP contribution in [0.2, 0.25) is 5.02 Å². The quantitative estimate of drug-likeness (QED) is 0.858. The molecule has 1 fully saturated rings. The maximum atomic E-state index is 5.83. The third kappa shape index (κ3) is 3.26.